The van der Waals surface area contributed by atoms with E-state index in [1.807, 2.05) is 6.07 Å². The molecule has 0 heterocycles. The number of ether oxygens (including phenoxy) is 1. The van der Waals surface area contributed by atoms with E-state index in [9.17, 15) is 0 Å². The predicted octanol–water partition coefficient (Wildman–Crippen LogP) is 4.44. The van der Waals surface area contributed by atoms with Crippen molar-refractivity contribution in [3.8, 4) is 16.9 Å². The summed E-state index contributed by atoms with van der Waals surface area (Å²) in [6.07, 6.45) is 1.12. The quantitative estimate of drug-likeness (QED) is 0.886. The molecule has 0 aliphatic heterocycles. The third-order valence-corrected chi connectivity index (χ3v) is 3.43. The van der Waals surface area contributed by atoms with Gasteiger partial charge in [-0.2, -0.15) is 0 Å². The first-order valence-electron chi connectivity index (χ1n) is 7.10. The topological polar surface area (TPSA) is 35.2 Å². The van der Waals surface area contributed by atoms with Crippen LogP contribution in [0.1, 0.15) is 25.0 Å². The maximum atomic E-state index is 5.77. The summed E-state index contributed by atoms with van der Waals surface area (Å²) < 4.78 is 5.31. The van der Waals surface area contributed by atoms with E-state index in [-0.39, 0.29) is 12.4 Å². The van der Waals surface area contributed by atoms with Crippen LogP contribution >= 0.6 is 12.4 Å². The normalized spacial score (nSPS) is 10.3. The van der Waals surface area contributed by atoms with Gasteiger partial charge < -0.3 is 10.5 Å². The molecule has 3 heteroatoms. The molecule has 0 aliphatic rings. The van der Waals surface area contributed by atoms with Crippen LogP contribution in [0.2, 0.25) is 0 Å². The molecular formula is C18H24ClNO. The Labute approximate surface area is 133 Å². The second-order valence-corrected chi connectivity index (χ2v) is 5.53. The molecule has 0 fully saturated rings. The van der Waals surface area contributed by atoms with E-state index in [0.29, 0.717) is 12.5 Å². The number of benzene rings is 2. The number of rotatable bonds is 5. The Morgan fingerprint density at radius 2 is 1.62 bits per heavy atom. The van der Waals surface area contributed by atoms with E-state index in [4.69, 9.17) is 10.5 Å². The molecule has 2 nitrogen and oxygen atoms in total. The van der Waals surface area contributed by atoms with Crippen molar-refractivity contribution in [2.24, 2.45) is 11.7 Å². The van der Waals surface area contributed by atoms with Crippen molar-refractivity contribution in [1.82, 2.24) is 0 Å². The largest absolute Gasteiger partial charge is 0.496 e. The summed E-state index contributed by atoms with van der Waals surface area (Å²) in [6, 6.07) is 15.0. The molecule has 0 aliphatic carbocycles. The van der Waals surface area contributed by atoms with Crippen molar-refractivity contribution >= 4 is 12.4 Å². The van der Waals surface area contributed by atoms with Gasteiger partial charge in [-0.3, -0.25) is 0 Å². The van der Waals surface area contributed by atoms with E-state index in [2.05, 4.69) is 50.2 Å². The van der Waals surface area contributed by atoms with Crippen molar-refractivity contribution in [2.75, 3.05) is 7.11 Å². The fourth-order valence-electron chi connectivity index (χ4n) is 2.42. The molecule has 0 bridgehead atoms. The van der Waals surface area contributed by atoms with Crippen molar-refractivity contribution in [2.45, 2.75) is 26.8 Å². The zero-order valence-corrected chi connectivity index (χ0v) is 13.7. The van der Waals surface area contributed by atoms with Crippen LogP contribution in [0.15, 0.2) is 42.5 Å². The minimum absolute atomic E-state index is 0. The van der Waals surface area contributed by atoms with Gasteiger partial charge in [-0.25, -0.2) is 0 Å². The minimum Gasteiger partial charge on any atom is -0.496 e. The Morgan fingerprint density at radius 1 is 1.00 bits per heavy atom. The second kappa shape index (κ2) is 8.06. The van der Waals surface area contributed by atoms with Crippen LogP contribution in [-0.2, 0) is 13.0 Å². The first-order chi connectivity index (χ1) is 9.63. The van der Waals surface area contributed by atoms with Crippen LogP contribution in [0, 0.1) is 5.92 Å². The van der Waals surface area contributed by atoms with Gasteiger partial charge in [-0.05, 0) is 41.2 Å². The Kier molecular flexibility index (Phi) is 6.73. The molecular weight excluding hydrogens is 282 g/mol. The summed E-state index contributed by atoms with van der Waals surface area (Å²) >= 11 is 0. The summed E-state index contributed by atoms with van der Waals surface area (Å²) in [5, 5.41) is 0. The van der Waals surface area contributed by atoms with Gasteiger partial charge in [0.25, 0.3) is 0 Å². The SMILES string of the molecule is COc1ccc(-c2ccc(CC(C)C)cc2)cc1CN.Cl. The van der Waals surface area contributed by atoms with Gasteiger partial charge >= 0.3 is 0 Å². The summed E-state index contributed by atoms with van der Waals surface area (Å²) in [6.45, 7) is 4.97. The van der Waals surface area contributed by atoms with E-state index in [1.165, 1.54) is 16.7 Å². The van der Waals surface area contributed by atoms with Gasteiger partial charge in [0.1, 0.15) is 5.75 Å². The highest BCUT2D eigenvalue weighted by Crippen LogP contribution is 2.27. The minimum atomic E-state index is 0. The Balaban J connectivity index is 0.00000220. The average Bonchev–Trinajstić information content (AvgIpc) is 2.46. The number of hydrogen-bond acceptors (Lipinski definition) is 2. The van der Waals surface area contributed by atoms with Crippen molar-refractivity contribution in [3.63, 3.8) is 0 Å². The standard InChI is InChI=1S/C18H23NO.ClH/c1-13(2)10-14-4-6-15(7-5-14)16-8-9-18(20-3)17(11-16)12-19;/h4-9,11,13H,10,12,19H2,1-3H3;1H. The molecule has 2 aromatic rings. The molecule has 2 aromatic carbocycles. The molecule has 0 saturated heterocycles. The van der Waals surface area contributed by atoms with Crippen LogP contribution < -0.4 is 10.5 Å². The molecule has 0 aromatic heterocycles. The molecule has 2 rings (SSSR count). The molecule has 114 valence electrons. The maximum absolute atomic E-state index is 5.77. The zero-order valence-electron chi connectivity index (χ0n) is 12.9. The van der Waals surface area contributed by atoms with Crippen molar-refractivity contribution in [1.29, 1.82) is 0 Å². The van der Waals surface area contributed by atoms with E-state index >= 15 is 0 Å². The van der Waals surface area contributed by atoms with E-state index < -0.39 is 0 Å². The fraction of sp³-hybridized carbons (Fsp3) is 0.333. The first kappa shape index (κ1) is 17.5. The van der Waals surface area contributed by atoms with Gasteiger partial charge in [0.2, 0.25) is 0 Å². The lowest BCUT2D eigenvalue weighted by atomic mass is 9.98. The zero-order chi connectivity index (χ0) is 14.5. The number of hydrogen-bond donors (Lipinski definition) is 1. The van der Waals surface area contributed by atoms with Gasteiger partial charge in [0, 0.05) is 12.1 Å². The van der Waals surface area contributed by atoms with Gasteiger partial charge in [-0.15, -0.1) is 12.4 Å². The molecule has 0 radical (unpaired) electrons. The molecule has 0 atom stereocenters. The van der Waals surface area contributed by atoms with Crippen LogP contribution in [0.5, 0.6) is 5.75 Å². The highest BCUT2D eigenvalue weighted by molar-refractivity contribution is 5.85. The molecule has 21 heavy (non-hydrogen) atoms. The lowest BCUT2D eigenvalue weighted by molar-refractivity contribution is 0.410. The first-order valence-corrected chi connectivity index (χ1v) is 7.10. The van der Waals surface area contributed by atoms with Crippen molar-refractivity contribution < 1.29 is 4.74 Å². The average molecular weight is 306 g/mol. The van der Waals surface area contributed by atoms with Crippen molar-refractivity contribution in [3.05, 3.63) is 53.6 Å². The van der Waals surface area contributed by atoms with Crippen LogP contribution in [0.4, 0.5) is 0 Å². The summed E-state index contributed by atoms with van der Waals surface area (Å²) in [5.74, 6) is 1.54. The predicted molar refractivity (Wildman–Crippen MR) is 92.1 cm³/mol. The second-order valence-electron chi connectivity index (χ2n) is 5.53. The number of halogens is 1. The summed E-state index contributed by atoms with van der Waals surface area (Å²) in [4.78, 5) is 0. The highest BCUT2D eigenvalue weighted by Gasteiger charge is 2.05. The molecule has 0 saturated carbocycles. The third kappa shape index (κ3) is 4.48. The molecule has 0 amide bonds. The smallest absolute Gasteiger partial charge is 0.123 e. The molecule has 0 spiro atoms. The lowest BCUT2D eigenvalue weighted by Gasteiger charge is -2.10. The number of nitrogens with two attached hydrogens (primary N) is 1. The number of methoxy groups -OCH3 is 1. The summed E-state index contributed by atoms with van der Waals surface area (Å²) in [5.41, 5.74) is 10.6. The Morgan fingerprint density at radius 3 is 2.14 bits per heavy atom. The molecule has 2 N–H and O–H groups in total. The van der Waals surface area contributed by atoms with E-state index in [1.54, 1.807) is 7.11 Å². The van der Waals surface area contributed by atoms with Crippen LogP contribution in [-0.4, -0.2) is 7.11 Å². The summed E-state index contributed by atoms with van der Waals surface area (Å²) in [7, 11) is 1.68. The fourth-order valence-corrected chi connectivity index (χ4v) is 2.42. The lowest BCUT2D eigenvalue weighted by Crippen LogP contribution is -2.00. The maximum Gasteiger partial charge on any atom is 0.123 e. The Bertz CT molecular complexity index is 564. The van der Waals surface area contributed by atoms with Gasteiger partial charge in [0.05, 0.1) is 7.11 Å². The highest BCUT2D eigenvalue weighted by atomic mass is 35.5. The van der Waals surface area contributed by atoms with Gasteiger partial charge in [-0.1, -0.05) is 44.2 Å². The van der Waals surface area contributed by atoms with E-state index in [0.717, 1.165) is 17.7 Å². The van der Waals surface area contributed by atoms with Gasteiger partial charge in [0.15, 0.2) is 0 Å². The van der Waals surface area contributed by atoms with Crippen LogP contribution in [0.25, 0.3) is 11.1 Å². The van der Waals surface area contributed by atoms with Crippen LogP contribution in [0.3, 0.4) is 0 Å². The third-order valence-electron chi connectivity index (χ3n) is 3.43. The monoisotopic (exact) mass is 305 g/mol. The Hall–Kier alpha value is -1.51. The molecule has 0 unspecified atom stereocenters.